The van der Waals surface area contributed by atoms with Gasteiger partial charge in [0.2, 0.25) is 0 Å². The molecule has 13 heavy (non-hydrogen) atoms. The van der Waals surface area contributed by atoms with Crippen molar-refractivity contribution >= 4 is 0 Å². The van der Waals surface area contributed by atoms with Crippen molar-refractivity contribution in [1.82, 2.24) is 4.90 Å². The Balaban J connectivity index is 4.26. The van der Waals surface area contributed by atoms with Crippen molar-refractivity contribution in [2.45, 2.75) is 40.2 Å². The average Bonchev–Trinajstić information content (AvgIpc) is 1.99. The highest BCUT2D eigenvalue weighted by atomic mass is 15.1. The van der Waals surface area contributed by atoms with E-state index in [1.54, 1.807) is 0 Å². The molecule has 0 fully saturated rings. The third-order valence-corrected chi connectivity index (χ3v) is 2.75. The lowest BCUT2D eigenvalue weighted by Crippen LogP contribution is -2.39. The number of rotatable bonds is 5. The molecule has 0 rings (SSSR count). The van der Waals surface area contributed by atoms with Crippen LogP contribution in [0.25, 0.3) is 0 Å². The summed E-state index contributed by atoms with van der Waals surface area (Å²) >= 11 is 0. The van der Waals surface area contributed by atoms with Crippen molar-refractivity contribution in [2.75, 3.05) is 20.6 Å². The Bertz CT molecular complexity index is 131. The van der Waals surface area contributed by atoms with Gasteiger partial charge >= 0.3 is 0 Å². The summed E-state index contributed by atoms with van der Waals surface area (Å²) in [7, 11) is 4.30. The van der Waals surface area contributed by atoms with Crippen LogP contribution in [0.15, 0.2) is 0 Å². The molecular weight excluding hydrogens is 160 g/mol. The molecule has 0 amide bonds. The molecule has 1 atom stereocenters. The van der Waals surface area contributed by atoms with Crippen molar-refractivity contribution < 1.29 is 0 Å². The molecule has 80 valence electrons. The highest BCUT2D eigenvalue weighted by molar-refractivity contribution is 4.80. The number of nitrogens with zero attached hydrogens (tertiary/aromatic N) is 1. The second kappa shape index (κ2) is 4.97. The smallest absolute Gasteiger partial charge is 0.0118 e. The lowest BCUT2D eigenvalue weighted by Gasteiger charge is -2.35. The molecular formula is C11H26N2. The van der Waals surface area contributed by atoms with E-state index in [2.05, 4.69) is 46.7 Å². The predicted octanol–water partition coefficient (Wildman–Crippen LogP) is 1.95. The van der Waals surface area contributed by atoms with Crippen molar-refractivity contribution in [3.05, 3.63) is 0 Å². The van der Waals surface area contributed by atoms with Gasteiger partial charge in [-0.05, 0) is 38.4 Å². The molecule has 0 radical (unpaired) electrons. The third kappa shape index (κ3) is 4.63. The van der Waals surface area contributed by atoms with Crippen LogP contribution >= 0.6 is 0 Å². The monoisotopic (exact) mass is 186 g/mol. The fraction of sp³-hybridized carbons (Fsp3) is 1.00. The van der Waals surface area contributed by atoms with E-state index in [0.717, 1.165) is 6.54 Å². The van der Waals surface area contributed by atoms with Gasteiger partial charge in [0.1, 0.15) is 0 Å². The van der Waals surface area contributed by atoms with E-state index in [4.69, 9.17) is 5.73 Å². The first kappa shape index (κ1) is 12.9. The van der Waals surface area contributed by atoms with Crippen LogP contribution in [0.5, 0.6) is 0 Å². The van der Waals surface area contributed by atoms with Crippen LogP contribution in [0, 0.1) is 11.3 Å². The highest BCUT2D eigenvalue weighted by Crippen LogP contribution is 2.25. The minimum atomic E-state index is 0.263. The Morgan fingerprint density at radius 2 is 1.69 bits per heavy atom. The van der Waals surface area contributed by atoms with E-state index >= 15 is 0 Å². The fourth-order valence-corrected chi connectivity index (χ4v) is 1.66. The van der Waals surface area contributed by atoms with Gasteiger partial charge in [0.25, 0.3) is 0 Å². The van der Waals surface area contributed by atoms with Gasteiger partial charge in [0.05, 0.1) is 0 Å². The first-order chi connectivity index (χ1) is 5.80. The second-order valence-electron chi connectivity index (χ2n) is 5.35. The van der Waals surface area contributed by atoms with Crippen LogP contribution in [0.4, 0.5) is 0 Å². The maximum atomic E-state index is 5.74. The molecule has 1 unspecified atom stereocenters. The quantitative estimate of drug-likeness (QED) is 0.711. The van der Waals surface area contributed by atoms with E-state index in [-0.39, 0.29) is 5.41 Å². The Morgan fingerprint density at radius 3 is 1.92 bits per heavy atom. The van der Waals surface area contributed by atoms with Gasteiger partial charge in [-0.25, -0.2) is 0 Å². The molecule has 0 aromatic carbocycles. The summed E-state index contributed by atoms with van der Waals surface area (Å²) in [5, 5.41) is 0. The van der Waals surface area contributed by atoms with E-state index in [0.29, 0.717) is 12.0 Å². The summed E-state index contributed by atoms with van der Waals surface area (Å²) in [5.74, 6) is 0.695. The van der Waals surface area contributed by atoms with Gasteiger partial charge in [0.15, 0.2) is 0 Å². The van der Waals surface area contributed by atoms with E-state index in [9.17, 15) is 0 Å². The van der Waals surface area contributed by atoms with Crippen molar-refractivity contribution in [1.29, 1.82) is 0 Å². The molecule has 2 N–H and O–H groups in total. The first-order valence-corrected chi connectivity index (χ1v) is 5.16. The van der Waals surface area contributed by atoms with Crippen molar-refractivity contribution in [3.63, 3.8) is 0 Å². The minimum absolute atomic E-state index is 0.263. The number of hydrogen-bond acceptors (Lipinski definition) is 2. The summed E-state index contributed by atoms with van der Waals surface area (Å²) < 4.78 is 0. The SMILES string of the molecule is CC(C)C(CC(C)(C)CN)N(C)C. The fourth-order valence-electron chi connectivity index (χ4n) is 1.66. The molecule has 0 spiro atoms. The van der Waals surface area contributed by atoms with Crippen LogP contribution in [-0.2, 0) is 0 Å². The molecule has 2 nitrogen and oxygen atoms in total. The predicted molar refractivity (Wildman–Crippen MR) is 59.8 cm³/mol. The molecule has 0 aromatic heterocycles. The zero-order valence-electron chi connectivity index (χ0n) is 10.1. The molecule has 2 heteroatoms. The van der Waals surface area contributed by atoms with E-state index < -0.39 is 0 Å². The maximum absolute atomic E-state index is 5.74. The Hall–Kier alpha value is -0.0800. The van der Waals surface area contributed by atoms with Gasteiger partial charge in [-0.15, -0.1) is 0 Å². The Morgan fingerprint density at radius 1 is 1.23 bits per heavy atom. The summed E-state index contributed by atoms with van der Waals surface area (Å²) in [6.45, 7) is 9.80. The van der Waals surface area contributed by atoms with Gasteiger partial charge in [-0.3, -0.25) is 0 Å². The van der Waals surface area contributed by atoms with Crippen molar-refractivity contribution in [3.8, 4) is 0 Å². The standard InChI is InChI=1S/C11H26N2/c1-9(2)10(13(5)6)7-11(3,4)8-12/h9-10H,7-8,12H2,1-6H3. The first-order valence-electron chi connectivity index (χ1n) is 5.16. The zero-order chi connectivity index (χ0) is 10.6. The zero-order valence-corrected chi connectivity index (χ0v) is 10.1. The molecule has 0 aliphatic heterocycles. The molecule has 0 aromatic rings. The van der Waals surface area contributed by atoms with Crippen LogP contribution in [0.1, 0.15) is 34.1 Å². The van der Waals surface area contributed by atoms with Crippen molar-refractivity contribution in [2.24, 2.45) is 17.1 Å². The molecule has 0 saturated carbocycles. The van der Waals surface area contributed by atoms with Gasteiger partial charge in [-0.1, -0.05) is 27.7 Å². The van der Waals surface area contributed by atoms with Crippen LogP contribution < -0.4 is 5.73 Å². The minimum Gasteiger partial charge on any atom is -0.330 e. The molecule has 0 aliphatic rings. The Labute approximate surface area is 83.5 Å². The topological polar surface area (TPSA) is 29.3 Å². The summed E-state index contributed by atoms with van der Waals surface area (Å²) in [4.78, 5) is 2.31. The Kier molecular flexibility index (Phi) is 4.93. The largest absolute Gasteiger partial charge is 0.330 e. The molecule has 0 saturated heterocycles. The van der Waals surface area contributed by atoms with Crippen LogP contribution in [-0.4, -0.2) is 31.6 Å². The summed E-state index contributed by atoms with van der Waals surface area (Å²) in [6, 6.07) is 0.638. The highest BCUT2D eigenvalue weighted by Gasteiger charge is 2.25. The van der Waals surface area contributed by atoms with Crippen LogP contribution in [0.2, 0.25) is 0 Å². The van der Waals surface area contributed by atoms with E-state index in [1.807, 2.05) is 0 Å². The average molecular weight is 186 g/mol. The second-order valence-corrected chi connectivity index (χ2v) is 5.35. The van der Waals surface area contributed by atoms with Gasteiger partial charge in [0, 0.05) is 6.04 Å². The van der Waals surface area contributed by atoms with Gasteiger partial charge in [-0.2, -0.15) is 0 Å². The normalized spacial score (nSPS) is 15.5. The lowest BCUT2D eigenvalue weighted by atomic mass is 9.82. The van der Waals surface area contributed by atoms with E-state index in [1.165, 1.54) is 6.42 Å². The van der Waals surface area contributed by atoms with Gasteiger partial charge < -0.3 is 10.6 Å². The lowest BCUT2D eigenvalue weighted by molar-refractivity contribution is 0.159. The molecule has 0 heterocycles. The van der Waals surface area contributed by atoms with Crippen LogP contribution in [0.3, 0.4) is 0 Å². The molecule has 0 aliphatic carbocycles. The number of hydrogen-bond donors (Lipinski definition) is 1. The third-order valence-electron chi connectivity index (χ3n) is 2.75. The summed E-state index contributed by atoms with van der Waals surface area (Å²) in [6.07, 6.45) is 1.17. The number of nitrogens with two attached hydrogens (primary N) is 1. The maximum Gasteiger partial charge on any atom is 0.0118 e. The summed E-state index contributed by atoms with van der Waals surface area (Å²) in [5.41, 5.74) is 6.00. The molecule has 0 bridgehead atoms.